The van der Waals surface area contributed by atoms with Gasteiger partial charge >= 0.3 is 23.9 Å². The van der Waals surface area contributed by atoms with Crippen molar-refractivity contribution in [2.45, 2.75) is 71.9 Å². The summed E-state index contributed by atoms with van der Waals surface area (Å²) in [6.45, 7) is 11.7. The molecule has 2 aliphatic carbocycles. The van der Waals surface area contributed by atoms with Crippen LogP contribution in [-0.4, -0.2) is 48.3 Å². The van der Waals surface area contributed by atoms with Crippen molar-refractivity contribution in [1.29, 1.82) is 0 Å². The van der Waals surface area contributed by atoms with Gasteiger partial charge in [0.1, 0.15) is 24.4 Å². The van der Waals surface area contributed by atoms with Gasteiger partial charge in [-0.05, 0) is 12.3 Å². The number of fused-ring (bicyclic) bond motifs is 2. The monoisotopic (exact) mass is 408 g/mol. The van der Waals surface area contributed by atoms with Crippen LogP contribution in [0.15, 0.2) is 12.2 Å². The highest BCUT2D eigenvalue weighted by Crippen LogP contribution is 2.59. The molecule has 0 spiro atoms. The summed E-state index contributed by atoms with van der Waals surface area (Å²) in [6, 6.07) is 0. The third-order valence-electron chi connectivity index (χ3n) is 6.66. The molecule has 1 aliphatic heterocycles. The molecule has 0 amide bonds. The molecule has 1 heterocycles. The summed E-state index contributed by atoms with van der Waals surface area (Å²) >= 11 is 0. The smallest absolute Gasteiger partial charge is 0.334 e. The average molecular weight is 408 g/mol. The number of carbonyl (C=O) groups is 4. The van der Waals surface area contributed by atoms with Gasteiger partial charge in [0.25, 0.3) is 0 Å². The first-order valence-electron chi connectivity index (χ1n) is 9.88. The number of carbonyl (C=O) groups excluding carboxylic acids is 4. The van der Waals surface area contributed by atoms with E-state index in [-0.39, 0.29) is 17.4 Å². The summed E-state index contributed by atoms with van der Waals surface area (Å²) in [7, 11) is 0. The van der Waals surface area contributed by atoms with Crippen molar-refractivity contribution in [3.05, 3.63) is 12.2 Å². The molecule has 8 atom stereocenters. The van der Waals surface area contributed by atoms with Gasteiger partial charge in [0.15, 0.2) is 0 Å². The fourth-order valence-electron chi connectivity index (χ4n) is 5.79. The quantitative estimate of drug-likeness (QED) is 0.396. The number of hydrogen-bond donors (Lipinski definition) is 0. The van der Waals surface area contributed by atoms with Gasteiger partial charge in [0, 0.05) is 44.1 Å². The van der Waals surface area contributed by atoms with Crippen molar-refractivity contribution in [2.75, 3.05) is 0 Å². The summed E-state index contributed by atoms with van der Waals surface area (Å²) in [6.07, 6.45) is -1.71. The largest absolute Gasteiger partial charge is 0.462 e. The van der Waals surface area contributed by atoms with Crippen molar-refractivity contribution in [3.63, 3.8) is 0 Å². The van der Waals surface area contributed by atoms with Crippen LogP contribution in [0, 0.1) is 23.2 Å². The molecule has 0 aromatic rings. The normalized spacial score (nSPS) is 40.9. The summed E-state index contributed by atoms with van der Waals surface area (Å²) in [5.41, 5.74) is -0.652. The minimum atomic E-state index is -0.896. The zero-order valence-corrected chi connectivity index (χ0v) is 17.4. The van der Waals surface area contributed by atoms with E-state index in [0.717, 1.165) is 0 Å². The molecule has 29 heavy (non-hydrogen) atoms. The number of ether oxygens (including phenoxy) is 4. The molecule has 160 valence electrons. The van der Waals surface area contributed by atoms with E-state index in [4.69, 9.17) is 18.9 Å². The average Bonchev–Trinajstić information content (AvgIpc) is 2.95. The molecular weight excluding hydrogens is 380 g/mol. The Morgan fingerprint density at radius 2 is 1.62 bits per heavy atom. The minimum Gasteiger partial charge on any atom is -0.462 e. The van der Waals surface area contributed by atoms with E-state index in [1.54, 1.807) is 0 Å². The van der Waals surface area contributed by atoms with Crippen LogP contribution in [0.3, 0.4) is 0 Å². The lowest BCUT2D eigenvalue weighted by Crippen LogP contribution is -2.52. The molecule has 0 bridgehead atoms. The fourth-order valence-corrected chi connectivity index (χ4v) is 5.79. The van der Waals surface area contributed by atoms with Crippen LogP contribution in [-0.2, 0) is 38.1 Å². The van der Waals surface area contributed by atoms with Gasteiger partial charge in [-0.2, -0.15) is 0 Å². The molecule has 3 unspecified atom stereocenters. The lowest BCUT2D eigenvalue weighted by Gasteiger charge is -2.44. The molecule has 0 aromatic heterocycles. The van der Waals surface area contributed by atoms with E-state index >= 15 is 0 Å². The molecule has 3 fully saturated rings. The molecule has 0 aromatic carbocycles. The predicted octanol–water partition coefficient (Wildman–Crippen LogP) is 1.95. The molecule has 8 nitrogen and oxygen atoms in total. The van der Waals surface area contributed by atoms with E-state index in [1.807, 2.05) is 13.8 Å². The van der Waals surface area contributed by atoms with Crippen LogP contribution in [0.2, 0.25) is 0 Å². The van der Waals surface area contributed by atoms with Crippen LogP contribution < -0.4 is 0 Å². The summed E-state index contributed by atoms with van der Waals surface area (Å²) in [4.78, 5) is 47.9. The molecule has 2 saturated carbocycles. The van der Waals surface area contributed by atoms with Crippen LogP contribution >= 0.6 is 0 Å². The Morgan fingerprint density at radius 3 is 2.17 bits per heavy atom. The van der Waals surface area contributed by atoms with Crippen molar-refractivity contribution in [2.24, 2.45) is 23.2 Å². The maximum absolute atomic E-state index is 12.2. The highest BCUT2D eigenvalue weighted by Gasteiger charge is 2.67. The van der Waals surface area contributed by atoms with Crippen LogP contribution in [0.4, 0.5) is 0 Å². The summed E-state index contributed by atoms with van der Waals surface area (Å²) < 4.78 is 22.6. The van der Waals surface area contributed by atoms with E-state index < -0.39 is 59.6 Å². The van der Waals surface area contributed by atoms with E-state index in [0.29, 0.717) is 12.8 Å². The molecule has 0 radical (unpaired) electrons. The van der Waals surface area contributed by atoms with Crippen molar-refractivity contribution < 1.29 is 38.1 Å². The highest BCUT2D eigenvalue weighted by atomic mass is 16.6. The first-order chi connectivity index (χ1) is 13.5. The van der Waals surface area contributed by atoms with Gasteiger partial charge in [-0.1, -0.05) is 20.4 Å². The third-order valence-corrected chi connectivity index (χ3v) is 6.66. The lowest BCUT2D eigenvalue weighted by atomic mass is 9.66. The SMILES string of the molecule is C=C1C(=O)OC2C[C@@H](C)C3[C@@H](OC(C)=O)C[C@@H](OC(C)=O)[C@@]3(C)[C@@H](OC(C)=O)C12. The molecule has 3 aliphatic rings. The summed E-state index contributed by atoms with van der Waals surface area (Å²) in [5.74, 6) is -2.83. The van der Waals surface area contributed by atoms with Crippen molar-refractivity contribution >= 4 is 23.9 Å². The number of rotatable bonds is 3. The van der Waals surface area contributed by atoms with Crippen LogP contribution in [0.25, 0.3) is 0 Å². The molecule has 1 saturated heterocycles. The Kier molecular flexibility index (Phi) is 5.49. The Balaban J connectivity index is 2.15. The fraction of sp³-hybridized carbons (Fsp3) is 0.714. The van der Waals surface area contributed by atoms with E-state index in [9.17, 15) is 19.2 Å². The second kappa shape index (κ2) is 7.46. The second-order valence-electron chi connectivity index (χ2n) is 8.61. The lowest BCUT2D eigenvalue weighted by molar-refractivity contribution is -0.178. The second-order valence-corrected chi connectivity index (χ2v) is 8.61. The number of hydrogen-bond acceptors (Lipinski definition) is 8. The topological polar surface area (TPSA) is 105 Å². The van der Waals surface area contributed by atoms with Crippen molar-refractivity contribution in [3.8, 4) is 0 Å². The van der Waals surface area contributed by atoms with Gasteiger partial charge in [-0.3, -0.25) is 14.4 Å². The van der Waals surface area contributed by atoms with Gasteiger partial charge in [0.05, 0.1) is 5.92 Å². The van der Waals surface area contributed by atoms with Crippen LogP contribution in [0.5, 0.6) is 0 Å². The minimum absolute atomic E-state index is 0.0586. The summed E-state index contributed by atoms with van der Waals surface area (Å²) in [5, 5.41) is 0. The first kappa shape index (κ1) is 21.3. The van der Waals surface area contributed by atoms with Gasteiger partial charge in [0.2, 0.25) is 0 Å². The van der Waals surface area contributed by atoms with Gasteiger partial charge < -0.3 is 18.9 Å². The van der Waals surface area contributed by atoms with E-state index in [2.05, 4.69) is 6.58 Å². The molecular formula is C21H28O8. The Labute approximate surface area is 169 Å². The molecule has 0 N–H and O–H groups in total. The van der Waals surface area contributed by atoms with Crippen LogP contribution in [0.1, 0.15) is 47.5 Å². The maximum atomic E-state index is 12.2. The van der Waals surface area contributed by atoms with E-state index in [1.165, 1.54) is 20.8 Å². The Morgan fingerprint density at radius 1 is 1.03 bits per heavy atom. The third kappa shape index (κ3) is 3.53. The molecule has 3 rings (SSSR count). The van der Waals surface area contributed by atoms with Gasteiger partial charge in [-0.15, -0.1) is 0 Å². The highest BCUT2D eigenvalue weighted by molar-refractivity contribution is 5.91. The molecule has 8 heteroatoms. The van der Waals surface area contributed by atoms with Gasteiger partial charge in [-0.25, -0.2) is 4.79 Å². The zero-order chi connectivity index (χ0) is 21.7. The first-order valence-corrected chi connectivity index (χ1v) is 9.88. The van der Waals surface area contributed by atoms with Crippen molar-refractivity contribution in [1.82, 2.24) is 0 Å². The Hall–Kier alpha value is -2.38. The number of esters is 4. The Bertz CT molecular complexity index is 758. The standard InChI is InChI=1S/C21H28O8/c1-9-7-14-17(10(2)20(25)29-14)19(28-13(5)24)21(6)16(27-12(4)23)8-15(18(9)21)26-11(3)22/h9,14-19H,2,7-8H2,1,3-6H3/t9-,14?,15+,16-,17?,18?,19+,21-/m1/s1. The predicted molar refractivity (Wildman–Crippen MR) is 99.2 cm³/mol. The maximum Gasteiger partial charge on any atom is 0.334 e. The zero-order valence-electron chi connectivity index (χ0n) is 17.4.